The Bertz CT molecular complexity index is 938. The van der Waals surface area contributed by atoms with Crippen LogP contribution in [0.4, 0.5) is 0 Å². The van der Waals surface area contributed by atoms with Crippen molar-refractivity contribution in [1.82, 2.24) is 5.32 Å². The summed E-state index contributed by atoms with van der Waals surface area (Å²) in [5.74, 6) is 0.646. The molecule has 1 N–H and O–H groups in total. The minimum atomic E-state index is -1.23. The number of amides is 1. The quantitative estimate of drug-likeness (QED) is 0.519. The molecule has 26 heavy (non-hydrogen) atoms. The molecule has 0 aliphatic rings. The smallest absolute Gasteiger partial charge is 0.287 e. The minimum Gasteiger partial charge on any atom is -0.455 e. The monoisotopic (exact) mass is 495 g/mol. The highest BCUT2D eigenvalue weighted by molar-refractivity contribution is 9.10. The lowest BCUT2D eigenvalue weighted by atomic mass is 10.2. The Hall–Kier alpha value is -1.70. The second-order valence-electron chi connectivity index (χ2n) is 5.52. The summed E-state index contributed by atoms with van der Waals surface area (Å²) in [6.07, 6.45) is 0. The van der Waals surface area contributed by atoms with E-state index in [1.807, 2.05) is 36.4 Å². The maximum absolute atomic E-state index is 12.4. The van der Waals surface area contributed by atoms with E-state index in [0.717, 1.165) is 14.5 Å². The van der Waals surface area contributed by atoms with Crippen molar-refractivity contribution in [2.45, 2.75) is 17.2 Å². The number of halogens is 2. The maximum atomic E-state index is 12.4. The molecule has 4 nitrogen and oxygen atoms in total. The van der Waals surface area contributed by atoms with Crippen LogP contribution in [0.25, 0.3) is 0 Å². The number of hydrogen-bond donors (Lipinski definition) is 1. The molecular formula is C19H15Br2NO3S. The zero-order valence-electron chi connectivity index (χ0n) is 13.6. The van der Waals surface area contributed by atoms with Gasteiger partial charge < -0.3 is 9.73 Å². The summed E-state index contributed by atoms with van der Waals surface area (Å²) in [7, 11) is -1.23. The first-order valence-electron chi connectivity index (χ1n) is 7.76. The van der Waals surface area contributed by atoms with Gasteiger partial charge in [-0.1, -0.05) is 44.0 Å². The van der Waals surface area contributed by atoms with Gasteiger partial charge in [0.1, 0.15) is 5.76 Å². The van der Waals surface area contributed by atoms with E-state index in [-0.39, 0.29) is 17.4 Å². The third-order valence-electron chi connectivity index (χ3n) is 3.58. The highest BCUT2D eigenvalue weighted by Gasteiger charge is 2.13. The van der Waals surface area contributed by atoms with Gasteiger partial charge >= 0.3 is 0 Å². The lowest BCUT2D eigenvalue weighted by Crippen LogP contribution is -2.22. The number of hydrogen-bond acceptors (Lipinski definition) is 3. The van der Waals surface area contributed by atoms with E-state index >= 15 is 0 Å². The van der Waals surface area contributed by atoms with Gasteiger partial charge in [0.15, 0.2) is 5.76 Å². The highest BCUT2D eigenvalue weighted by Crippen LogP contribution is 2.18. The second-order valence-corrected chi connectivity index (χ2v) is 8.80. The first kappa shape index (κ1) is 19.1. The number of furan rings is 1. The van der Waals surface area contributed by atoms with Gasteiger partial charge in [-0.2, -0.15) is 0 Å². The van der Waals surface area contributed by atoms with Gasteiger partial charge in [-0.3, -0.25) is 9.00 Å². The fraction of sp³-hybridized carbons (Fsp3) is 0.105. The molecule has 0 spiro atoms. The summed E-state index contributed by atoms with van der Waals surface area (Å²) >= 11 is 6.75. The number of rotatable bonds is 6. The van der Waals surface area contributed by atoms with Crippen LogP contribution in [0.2, 0.25) is 0 Å². The van der Waals surface area contributed by atoms with Gasteiger partial charge in [0.05, 0.1) is 16.6 Å². The number of carbonyl (C=O) groups excluding carboxylic acids is 1. The van der Waals surface area contributed by atoms with Crippen LogP contribution < -0.4 is 5.32 Å². The molecule has 0 aliphatic carbocycles. The van der Waals surface area contributed by atoms with E-state index in [2.05, 4.69) is 37.2 Å². The van der Waals surface area contributed by atoms with Crippen molar-refractivity contribution < 1.29 is 13.4 Å². The number of nitrogens with one attached hydrogen (secondary N) is 1. The zero-order chi connectivity index (χ0) is 18.5. The molecule has 3 aromatic rings. The molecule has 0 saturated carbocycles. The van der Waals surface area contributed by atoms with Gasteiger partial charge in [-0.15, -0.1) is 0 Å². The Morgan fingerprint density at radius 1 is 1.00 bits per heavy atom. The van der Waals surface area contributed by atoms with Gasteiger partial charge in [0.2, 0.25) is 0 Å². The van der Waals surface area contributed by atoms with Gasteiger partial charge in [0.25, 0.3) is 5.91 Å². The van der Waals surface area contributed by atoms with Crippen molar-refractivity contribution in [2.24, 2.45) is 0 Å². The summed E-state index contributed by atoms with van der Waals surface area (Å²) in [5.41, 5.74) is 0.982. The SMILES string of the molecule is O=C(NCc1cccc(Br)c1)c1ccc(C[S@](=O)c2ccc(Br)cc2)o1. The van der Waals surface area contributed by atoms with E-state index in [1.54, 1.807) is 24.3 Å². The Balaban J connectivity index is 1.59. The van der Waals surface area contributed by atoms with Crippen molar-refractivity contribution >= 4 is 48.6 Å². The Labute approximate surface area is 170 Å². The third-order valence-corrected chi connectivity index (χ3v) is 5.94. The predicted molar refractivity (Wildman–Crippen MR) is 108 cm³/mol. The normalized spacial score (nSPS) is 11.9. The fourth-order valence-corrected chi connectivity index (χ4v) is 4.02. The molecule has 134 valence electrons. The molecule has 1 atom stereocenters. The standard InChI is InChI=1S/C19H15Br2NO3S/c20-14-4-7-17(8-5-14)26(24)12-16-6-9-18(25-16)19(23)22-11-13-2-1-3-15(21)10-13/h1-10H,11-12H2,(H,22,23)/t26-/m0/s1. The molecule has 1 heterocycles. The molecule has 0 radical (unpaired) electrons. The average Bonchev–Trinajstić information content (AvgIpc) is 3.09. The van der Waals surface area contributed by atoms with Gasteiger partial charge in [-0.25, -0.2) is 0 Å². The lowest BCUT2D eigenvalue weighted by Gasteiger charge is -2.04. The molecule has 0 unspecified atom stereocenters. The molecule has 0 bridgehead atoms. The van der Waals surface area contributed by atoms with Crippen LogP contribution in [0.15, 0.2) is 78.9 Å². The van der Waals surface area contributed by atoms with E-state index < -0.39 is 10.8 Å². The third kappa shape index (κ3) is 5.16. The summed E-state index contributed by atoms with van der Waals surface area (Å²) in [6.45, 7) is 0.402. The van der Waals surface area contributed by atoms with E-state index in [4.69, 9.17) is 4.42 Å². The van der Waals surface area contributed by atoms with E-state index in [0.29, 0.717) is 17.2 Å². The zero-order valence-corrected chi connectivity index (χ0v) is 17.6. The van der Waals surface area contributed by atoms with Crippen LogP contribution in [-0.4, -0.2) is 10.1 Å². The van der Waals surface area contributed by atoms with Crippen molar-refractivity contribution in [3.05, 3.63) is 86.7 Å². The van der Waals surface area contributed by atoms with E-state index in [9.17, 15) is 9.00 Å². The van der Waals surface area contributed by atoms with Crippen LogP contribution in [0.1, 0.15) is 21.9 Å². The van der Waals surface area contributed by atoms with Crippen LogP contribution in [0.3, 0.4) is 0 Å². The van der Waals surface area contributed by atoms with E-state index in [1.165, 1.54) is 0 Å². The summed E-state index contributed by atoms with van der Waals surface area (Å²) < 4.78 is 19.8. The Morgan fingerprint density at radius 2 is 1.77 bits per heavy atom. The van der Waals surface area contributed by atoms with Crippen molar-refractivity contribution in [3.63, 3.8) is 0 Å². The minimum absolute atomic E-state index is 0.211. The summed E-state index contributed by atoms with van der Waals surface area (Å²) in [4.78, 5) is 12.9. The molecule has 3 rings (SSSR count). The average molecular weight is 497 g/mol. The summed E-state index contributed by atoms with van der Waals surface area (Å²) in [6, 6.07) is 18.3. The first-order valence-corrected chi connectivity index (χ1v) is 10.7. The largest absolute Gasteiger partial charge is 0.455 e. The Morgan fingerprint density at radius 3 is 2.50 bits per heavy atom. The number of benzene rings is 2. The van der Waals surface area contributed by atoms with Crippen molar-refractivity contribution in [2.75, 3.05) is 0 Å². The van der Waals surface area contributed by atoms with Crippen molar-refractivity contribution in [1.29, 1.82) is 0 Å². The van der Waals surface area contributed by atoms with Crippen molar-refractivity contribution in [3.8, 4) is 0 Å². The van der Waals surface area contributed by atoms with Gasteiger partial charge in [-0.05, 0) is 54.1 Å². The first-order chi connectivity index (χ1) is 12.5. The molecular weight excluding hydrogens is 482 g/mol. The van der Waals surface area contributed by atoms with Crippen LogP contribution >= 0.6 is 31.9 Å². The van der Waals surface area contributed by atoms with Crippen LogP contribution in [0, 0.1) is 0 Å². The van der Waals surface area contributed by atoms with Crippen LogP contribution in [-0.2, 0) is 23.1 Å². The van der Waals surface area contributed by atoms with Gasteiger partial charge in [0, 0.05) is 20.4 Å². The lowest BCUT2D eigenvalue weighted by molar-refractivity contribution is 0.0921. The molecule has 7 heteroatoms. The fourth-order valence-electron chi connectivity index (χ4n) is 2.29. The summed E-state index contributed by atoms with van der Waals surface area (Å²) in [5, 5.41) is 2.81. The molecule has 0 fully saturated rings. The molecule has 1 aromatic heterocycles. The highest BCUT2D eigenvalue weighted by atomic mass is 79.9. The second kappa shape index (κ2) is 8.79. The molecule has 2 aromatic carbocycles. The predicted octanol–water partition coefficient (Wildman–Crippen LogP) is 5.04. The topological polar surface area (TPSA) is 59.3 Å². The molecule has 0 saturated heterocycles. The number of carbonyl (C=O) groups is 1. The van der Waals surface area contributed by atoms with Crippen LogP contribution in [0.5, 0.6) is 0 Å². The Kier molecular flexibility index (Phi) is 6.45. The molecule has 1 amide bonds. The maximum Gasteiger partial charge on any atom is 0.287 e. The molecule has 0 aliphatic heterocycles.